The number of benzene rings is 1. The van der Waals surface area contributed by atoms with E-state index < -0.39 is 0 Å². The smallest absolute Gasteiger partial charge is 0.00452 e. The molecule has 1 aliphatic rings. The van der Waals surface area contributed by atoms with Crippen LogP contribution in [0.5, 0.6) is 0 Å². The van der Waals surface area contributed by atoms with Gasteiger partial charge in [0.2, 0.25) is 0 Å². The minimum atomic E-state index is 0.680. The Balaban J connectivity index is 2.31. The van der Waals surface area contributed by atoms with Gasteiger partial charge in [-0.15, -0.1) is 0 Å². The summed E-state index contributed by atoms with van der Waals surface area (Å²) in [6.07, 6.45) is 1.28. The molecule has 1 aliphatic heterocycles. The van der Waals surface area contributed by atoms with E-state index >= 15 is 0 Å². The fourth-order valence-electron chi connectivity index (χ4n) is 2.63. The molecule has 2 atom stereocenters. The number of hydrogen-bond donors (Lipinski definition) is 1. The number of nitrogens with one attached hydrogen (secondary N) is 1. The third-order valence-corrected chi connectivity index (χ3v) is 3.30. The van der Waals surface area contributed by atoms with Crippen molar-refractivity contribution < 1.29 is 0 Å². The summed E-state index contributed by atoms with van der Waals surface area (Å²) in [4.78, 5) is 0. The number of hydrogen-bond acceptors (Lipinski definition) is 1. The standard InChI is InChI=1S/C13H19N/c1-9-5-4-6-10(2)13(9)12-7-11(3)14-8-12/h4-6,11-12,14H,7-8H2,1-3H3. The third kappa shape index (κ3) is 1.69. The van der Waals surface area contributed by atoms with Crippen molar-refractivity contribution in [1.29, 1.82) is 0 Å². The minimum absolute atomic E-state index is 0.680. The van der Waals surface area contributed by atoms with Gasteiger partial charge in [-0.3, -0.25) is 0 Å². The molecule has 0 saturated carbocycles. The summed E-state index contributed by atoms with van der Waals surface area (Å²) >= 11 is 0. The van der Waals surface area contributed by atoms with Gasteiger partial charge in [-0.2, -0.15) is 0 Å². The van der Waals surface area contributed by atoms with Crippen LogP contribution in [-0.2, 0) is 0 Å². The molecule has 1 aromatic carbocycles. The zero-order valence-electron chi connectivity index (χ0n) is 9.30. The maximum Gasteiger partial charge on any atom is 0.00452 e. The minimum Gasteiger partial charge on any atom is -0.314 e. The van der Waals surface area contributed by atoms with E-state index in [4.69, 9.17) is 0 Å². The van der Waals surface area contributed by atoms with Crippen molar-refractivity contribution in [2.24, 2.45) is 0 Å². The Labute approximate surface area is 86.5 Å². The average molecular weight is 189 g/mol. The molecule has 1 nitrogen and oxygen atoms in total. The van der Waals surface area contributed by atoms with E-state index in [0.29, 0.717) is 6.04 Å². The highest BCUT2D eigenvalue weighted by atomic mass is 14.9. The Bertz CT molecular complexity index is 310. The highest BCUT2D eigenvalue weighted by Crippen LogP contribution is 2.30. The molecule has 1 saturated heterocycles. The van der Waals surface area contributed by atoms with Crippen LogP contribution in [0.4, 0.5) is 0 Å². The van der Waals surface area contributed by atoms with E-state index in [9.17, 15) is 0 Å². The molecule has 0 radical (unpaired) electrons. The van der Waals surface area contributed by atoms with Crippen LogP contribution in [0.15, 0.2) is 18.2 Å². The molecule has 1 heterocycles. The summed E-state index contributed by atoms with van der Waals surface area (Å²) in [5.74, 6) is 0.728. The maximum absolute atomic E-state index is 3.52. The Kier molecular flexibility index (Phi) is 2.60. The molecular formula is C13H19N. The first kappa shape index (κ1) is 9.72. The first-order valence-corrected chi connectivity index (χ1v) is 5.48. The molecule has 0 aliphatic carbocycles. The van der Waals surface area contributed by atoms with E-state index in [0.717, 1.165) is 12.5 Å². The summed E-state index contributed by atoms with van der Waals surface area (Å²) in [6.45, 7) is 7.87. The zero-order chi connectivity index (χ0) is 10.1. The van der Waals surface area contributed by atoms with E-state index in [1.165, 1.54) is 17.5 Å². The monoisotopic (exact) mass is 189 g/mol. The first-order valence-electron chi connectivity index (χ1n) is 5.48. The summed E-state index contributed by atoms with van der Waals surface area (Å²) in [6, 6.07) is 7.29. The van der Waals surface area contributed by atoms with Gasteiger partial charge in [0.25, 0.3) is 0 Å². The Morgan fingerprint density at radius 1 is 1.21 bits per heavy atom. The van der Waals surface area contributed by atoms with Gasteiger partial charge in [0.1, 0.15) is 0 Å². The lowest BCUT2D eigenvalue weighted by Crippen LogP contribution is -2.16. The SMILES string of the molecule is Cc1cccc(C)c1C1CNC(C)C1. The van der Waals surface area contributed by atoms with Crippen molar-refractivity contribution in [3.05, 3.63) is 34.9 Å². The Morgan fingerprint density at radius 3 is 2.36 bits per heavy atom. The normalized spacial score (nSPS) is 26.8. The van der Waals surface area contributed by atoms with E-state index in [-0.39, 0.29) is 0 Å². The molecule has 1 N–H and O–H groups in total. The highest BCUT2D eigenvalue weighted by Gasteiger charge is 2.24. The van der Waals surface area contributed by atoms with Gasteiger partial charge in [-0.1, -0.05) is 18.2 Å². The molecule has 1 heteroatoms. The third-order valence-electron chi connectivity index (χ3n) is 3.30. The summed E-state index contributed by atoms with van der Waals surface area (Å²) in [5.41, 5.74) is 4.47. The number of aryl methyl sites for hydroxylation is 2. The molecule has 14 heavy (non-hydrogen) atoms. The van der Waals surface area contributed by atoms with Crippen LogP contribution >= 0.6 is 0 Å². The van der Waals surface area contributed by atoms with Crippen LogP contribution in [0, 0.1) is 13.8 Å². The molecule has 1 aromatic rings. The van der Waals surface area contributed by atoms with Crippen LogP contribution in [0.25, 0.3) is 0 Å². The van der Waals surface area contributed by atoms with E-state index in [2.05, 4.69) is 44.3 Å². The largest absolute Gasteiger partial charge is 0.314 e. The van der Waals surface area contributed by atoms with Gasteiger partial charge in [-0.05, 0) is 49.8 Å². The lowest BCUT2D eigenvalue weighted by Gasteiger charge is -2.15. The van der Waals surface area contributed by atoms with Crippen LogP contribution in [0.2, 0.25) is 0 Å². The van der Waals surface area contributed by atoms with Crippen molar-refractivity contribution in [1.82, 2.24) is 5.32 Å². The molecule has 0 spiro atoms. The average Bonchev–Trinajstić information content (AvgIpc) is 2.51. The molecule has 2 rings (SSSR count). The molecule has 2 unspecified atom stereocenters. The van der Waals surface area contributed by atoms with Crippen LogP contribution in [-0.4, -0.2) is 12.6 Å². The topological polar surface area (TPSA) is 12.0 Å². The Morgan fingerprint density at radius 2 is 1.86 bits per heavy atom. The second kappa shape index (κ2) is 3.74. The van der Waals surface area contributed by atoms with Gasteiger partial charge < -0.3 is 5.32 Å². The second-order valence-electron chi connectivity index (χ2n) is 4.55. The van der Waals surface area contributed by atoms with Crippen molar-refractivity contribution in [3.8, 4) is 0 Å². The summed E-state index contributed by atoms with van der Waals surface area (Å²) in [5, 5.41) is 3.52. The van der Waals surface area contributed by atoms with E-state index in [1.807, 2.05) is 0 Å². The van der Waals surface area contributed by atoms with Gasteiger partial charge in [0, 0.05) is 12.6 Å². The van der Waals surface area contributed by atoms with Crippen LogP contribution in [0.3, 0.4) is 0 Å². The highest BCUT2D eigenvalue weighted by molar-refractivity contribution is 5.37. The van der Waals surface area contributed by atoms with Gasteiger partial charge >= 0.3 is 0 Å². The van der Waals surface area contributed by atoms with Crippen molar-refractivity contribution in [2.45, 2.75) is 39.2 Å². The fourth-order valence-corrected chi connectivity index (χ4v) is 2.63. The number of rotatable bonds is 1. The quantitative estimate of drug-likeness (QED) is 0.716. The van der Waals surface area contributed by atoms with E-state index in [1.54, 1.807) is 5.56 Å². The van der Waals surface area contributed by atoms with Gasteiger partial charge in [-0.25, -0.2) is 0 Å². The molecule has 0 bridgehead atoms. The molecular weight excluding hydrogens is 170 g/mol. The maximum atomic E-state index is 3.52. The molecule has 0 aromatic heterocycles. The van der Waals surface area contributed by atoms with Crippen molar-refractivity contribution in [2.75, 3.05) is 6.54 Å². The second-order valence-corrected chi connectivity index (χ2v) is 4.55. The fraction of sp³-hybridized carbons (Fsp3) is 0.538. The van der Waals surface area contributed by atoms with Crippen molar-refractivity contribution >= 4 is 0 Å². The predicted octanol–water partition coefficient (Wildman–Crippen LogP) is 2.77. The lowest BCUT2D eigenvalue weighted by molar-refractivity contribution is 0.657. The lowest BCUT2D eigenvalue weighted by atomic mass is 9.89. The zero-order valence-corrected chi connectivity index (χ0v) is 9.30. The predicted molar refractivity (Wildman–Crippen MR) is 60.7 cm³/mol. The van der Waals surface area contributed by atoms with Crippen molar-refractivity contribution in [3.63, 3.8) is 0 Å². The molecule has 0 amide bonds. The summed E-state index contributed by atoms with van der Waals surface area (Å²) < 4.78 is 0. The molecule has 76 valence electrons. The molecule has 1 fully saturated rings. The van der Waals surface area contributed by atoms with Gasteiger partial charge in [0.05, 0.1) is 0 Å². The summed E-state index contributed by atoms with van der Waals surface area (Å²) in [7, 11) is 0. The Hall–Kier alpha value is -0.820. The van der Waals surface area contributed by atoms with Gasteiger partial charge in [0.15, 0.2) is 0 Å². The van der Waals surface area contributed by atoms with Crippen LogP contribution in [0.1, 0.15) is 36.0 Å². The first-order chi connectivity index (χ1) is 6.68. The van der Waals surface area contributed by atoms with Crippen LogP contribution < -0.4 is 5.32 Å².